The molecule has 130 valence electrons. The third kappa shape index (κ3) is 3.51. The lowest BCUT2D eigenvalue weighted by Crippen LogP contribution is -2.46. The zero-order chi connectivity index (χ0) is 17.1. The van der Waals surface area contributed by atoms with Crippen molar-refractivity contribution >= 4 is 12.3 Å². The van der Waals surface area contributed by atoms with E-state index in [9.17, 15) is 19.1 Å². The molecule has 1 saturated carbocycles. The molecule has 0 amide bonds. The number of hydrogen-bond acceptors (Lipinski definition) is 3. The highest BCUT2D eigenvalue weighted by Gasteiger charge is 2.42. The summed E-state index contributed by atoms with van der Waals surface area (Å²) in [6, 6.07) is 5.77. The van der Waals surface area contributed by atoms with Gasteiger partial charge in [-0.1, -0.05) is 31.4 Å². The molecule has 3 atom stereocenters. The first-order valence-electron chi connectivity index (χ1n) is 8.77. The molecule has 0 aromatic heterocycles. The van der Waals surface area contributed by atoms with Gasteiger partial charge in [0.1, 0.15) is 18.1 Å². The second-order valence-corrected chi connectivity index (χ2v) is 7.10. The molecule has 4 nitrogen and oxygen atoms in total. The van der Waals surface area contributed by atoms with Gasteiger partial charge in [0.15, 0.2) is 0 Å². The van der Waals surface area contributed by atoms with Crippen molar-refractivity contribution in [1.82, 2.24) is 4.90 Å². The van der Waals surface area contributed by atoms with E-state index in [2.05, 4.69) is 0 Å². The van der Waals surface area contributed by atoms with Gasteiger partial charge in [-0.15, -0.1) is 0 Å². The number of hydrogen-bond donors (Lipinski definition) is 1. The van der Waals surface area contributed by atoms with Crippen molar-refractivity contribution < 1.29 is 19.1 Å². The van der Waals surface area contributed by atoms with Crippen LogP contribution >= 0.6 is 0 Å². The van der Waals surface area contributed by atoms with Crippen LogP contribution in [0.4, 0.5) is 4.39 Å². The van der Waals surface area contributed by atoms with Gasteiger partial charge in [0.2, 0.25) is 0 Å². The summed E-state index contributed by atoms with van der Waals surface area (Å²) in [5, 5.41) is 9.76. The average Bonchev–Trinajstić information content (AvgIpc) is 2.99. The van der Waals surface area contributed by atoms with E-state index < -0.39 is 12.0 Å². The Hall–Kier alpha value is -1.75. The number of aliphatic carboxylic acids is 1. The van der Waals surface area contributed by atoms with Crippen LogP contribution in [-0.4, -0.2) is 41.4 Å². The van der Waals surface area contributed by atoms with E-state index in [0.717, 1.165) is 37.5 Å². The number of halogens is 1. The van der Waals surface area contributed by atoms with E-state index >= 15 is 0 Å². The summed E-state index contributed by atoms with van der Waals surface area (Å²) in [4.78, 5) is 25.3. The average molecular weight is 333 g/mol. The Balaban J connectivity index is 1.81. The molecule has 2 aliphatic rings. The lowest BCUT2D eigenvalue weighted by Gasteiger charge is -2.33. The number of benzene rings is 1. The Labute approximate surface area is 141 Å². The van der Waals surface area contributed by atoms with Crippen molar-refractivity contribution in [3.05, 3.63) is 35.6 Å². The molecule has 1 saturated heterocycles. The molecule has 0 unspecified atom stereocenters. The van der Waals surface area contributed by atoms with Gasteiger partial charge in [-0.25, -0.2) is 4.39 Å². The summed E-state index contributed by atoms with van der Waals surface area (Å²) >= 11 is 0. The van der Waals surface area contributed by atoms with Crippen molar-refractivity contribution in [2.24, 2.45) is 11.8 Å². The minimum absolute atomic E-state index is 0.136. The number of aldehydes is 1. The van der Waals surface area contributed by atoms with Crippen molar-refractivity contribution in [1.29, 1.82) is 0 Å². The fraction of sp³-hybridized carbons (Fsp3) is 0.579. The highest BCUT2D eigenvalue weighted by Crippen LogP contribution is 2.37. The van der Waals surface area contributed by atoms with E-state index in [1.54, 1.807) is 6.07 Å². The molecule has 1 aliphatic heterocycles. The standard InChI is InChI=1S/C19H24FNO3/c20-16-8-4-7-14(9-16)17-11-21(10-15(17)12-22)18(19(23)24)13-5-2-1-3-6-13/h4,7-9,12-13,15,17-18H,1-3,5-6,10-11H2,(H,23,24)/t15-,17-,18-/m1/s1. The molecule has 24 heavy (non-hydrogen) atoms. The van der Waals surface area contributed by atoms with E-state index in [1.807, 2.05) is 11.0 Å². The van der Waals surface area contributed by atoms with Crippen LogP contribution in [-0.2, 0) is 9.59 Å². The Morgan fingerprint density at radius 1 is 1.25 bits per heavy atom. The number of carboxylic acids is 1. The van der Waals surface area contributed by atoms with Crippen LogP contribution in [0.2, 0.25) is 0 Å². The normalized spacial score (nSPS) is 27.0. The lowest BCUT2D eigenvalue weighted by atomic mass is 9.83. The molecular formula is C19H24FNO3. The molecule has 1 heterocycles. The zero-order valence-corrected chi connectivity index (χ0v) is 13.7. The molecule has 0 radical (unpaired) electrons. The molecule has 0 spiro atoms. The quantitative estimate of drug-likeness (QED) is 0.842. The number of nitrogens with zero attached hydrogens (tertiary/aromatic N) is 1. The minimum Gasteiger partial charge on any atom is -0.480 e. The maximum Gasteiger partial charge on any atom is 0.321 e. The molecule has 3 rings (SSSR count). The van der Waals surface area contributed by atoms with Gasteiger partial charge in [-0.2, -0.15) is 0 Å². The Kier molecular flexibility index (Phi) is 5.29. The van der Waals surface area contributed by atoms with Gasteiger partial charge in [0.25, 0.3) is 0 Å². The topological polar surface area (TPSA) is 57.6 Å². The van der Waals surface area contributed by atoms with Crippen LogP contribution < -0.4 is 0 Å². The van der Waals surface area contributed by atoms with Crippen LogP contribution in [0.5, 0.6) is 0 Å². The van der Waals surface area contributed by atoms with E-state index in [0.29, 0.717) is 13.1 Å². The number of likely N-dealkylation sites (tertiary alicyclic amines) is 1. The largest absolute Gasteiger partial charge is 0.480 e. The first kappa shape index (κ1) is 17.1. The van der Waals surface area contributed by atoms with Gasteiger partial charge < -0.3 is 9.90 Å². The molecule has 1 N–H and O–H groups in total. The molecule has 1 aromatic carbocycles. The van der Waals surface area contributed by atoms with Crippen LogP contribution in [0.15, 0.2) is 24.3 Å². The number of carboxylic acid groups (broad SMARTS) is 1. The van der Waals surface area contributed by atoms with Crippen molar-refractivity contribution in [3.63, 3.8) is 0 Å². The molecule has 1 aromatic rings. The minimum atomic E-state index is -0.800. The molecule has 1 aliphatic carbocycles. The second-order valence-electron chi connectivity index (χ2n) is 7.10. The third-order valence-corrected chi connectivity index (χ3v) is 5.59. The zero-order valence-electron chi connectivity index (χ0n) is 13.7. The lowest BCUT2D eigenvalue weighted by molar-refractivity contribution is -0.145. The van der Waals surface area contributed by atoms with Crippen molar-refractivity contribution in [2.45, 2.75) is 44.1 Å². The van der Waals surface area contributed by atoms with Gasteiger partial charge >= 0.3 is 5.97 Å². The number of rotatable bonds is 5. The van der Waals surface area contributed by atoms with E-state index in [-0.39, 0.29) is 23.6 Å². The van der Waals surface area contributed by atoms with Gasteiger partial charge in [0, 0.05) is 24.9 Å². The predicted molar refractivity (Wildman–Crippen MR) is 88.3 cm³/mol. The van der Waals surface area contributed by atoms with Crippen LogP contribution in [0.1, 0.15) is 43.6 Å². The van der Waals surface area contributed by atoms with Crippen LogP contribution in [0.25, 0.3) is 0 Å². The second kappa shape index (κ2) is 7.43. The summed E-state index contributed by atoms with van der Waals surface area (Å²) in [5.74, 6) is -1.39. The number of carbonyl (C=O) groups is 2. The SMILES string of the molecule is O=C[C@H]1CN([C@@H](C(=O)O)C2CCCCC2)C[C@@H]1c1cccc(F)c1. The maximum atomic E-state index is 13.5. The van der Waals surface area contributed by atoms with Gasteiger partial charge in [0.05, 0.1) is 0 Å². The Morgan fingerprint density at radius 2 is 2.00 bits per heavy atom. The summed E-state index contributed by atoms with van der Waals surface area (Å²) < 4.78 is 13.5. The molecular weight excluding hydrogens is 309 g/mol. The highest BCUT2D eigenvalue weighted by molar-refractivity contribution is 5.74. The summed E-state index contributed by atoms with van der Waals surface area (Å²) in [7, 11) is 0. The van der Waals surface area contributed by atoms with Crippen molar-refractivity contribution in [3.8, 4) is 0 Å². The maximum absolute atomic E-state index is 13.5. The smallest absolute Gasteiger partial charge is 0.321 e. The summed E-state index contributed by atoms with van der Waals surface area (Å²) in [5.41, 5.74) is 0.780. The monoisotopic (exact) mass is 333 g/mol. The van der Waals surface area contributed by atoms with Crippen molar-refractivity contribution in [2.75, 3.05) is 13.1 Å². The van der Waals surface area contributed by atoms with Crippen LogP contribution in [0.3, 0.4) is 0 Å². The Morgan fingerprint density at radius 3 is 2.62 bits per heavy atom. The summed E-state index contributed by atoms with van der Waals surface area (Å²) in [6.45, 7) is 0.943. The highest BCUT2D eigenvalue weighted by atomic mass is 19.1. The van der Waals surface area contributed by atoms with Crippen LogP contribution in [0, 0.1) is 17.7 Å². The molecule has 2 fully saturated rings. The summed E-state index contributed by atoms with van der Waals surface area (Å²) in [6.07, 6.45) is 6.09. The fourth-order valence-corrected chi connectivity index (χ4v) is 4.42. The molecule has 0 bridgehead atoms. The van der Waals surface area contributed by atoms with Gasteiger partial charge in [-0.05, 0) is 36.5 Å². The third-order valence-electron chi connectivity index (χ3n) is 5.59. The predicted octanol–water partition coefficient (Wildman–Crippen LogP) is 3.07. The van der Waals surface area contributed by atoms with E-state index in [4.69, 9.17) is 0 Å². The first-order chi connectivity index (χ1) is 11.6. The number of carbonyl (C=O) groups excluding carboxylic acids is 1. The molecule has 5 heteroatoms. The Bertz CT molecular complexity index is 600. The first-order valence-corrected chi connectivity index (χ1v) is 8.77. The van der Waals surface area contributed by atoms with E-state index in [1.165, 1.54) is 18.6 Å². The fourth-order valence-electron chi connectivity index (χ4n) is 4.42. The van der Waals surface area contributed by atoms with Gasteiger partial charge in [-0.3, -0.25) is 9.69 Å².